The normalized spacial score (nSPS) is 10.5. The van der Waals surface area contributed by atoms with Gasteiger partial charge in [-0.1, -0.05) is 0 Å². The minimum atomic E-state index is 0.818. The molecule has 0 aliphatic rings. The second-order valence-corrected chi connectivity index (χ2v) is 3.56. The highest BCUT2D eigenvalue weighted by Crippen LogP contribution is 1.95. The van der Waals surface area contributed by atoms with Crippen molar-refractivity contribution in [1.29, 1.82) is 0 Å². The maximum atomic E-state index is 4.17. The maximum absolute atomic E-state index is 4.17. The number of imidazole rings is 1. The Morgan fingerprint density at radius 1 is 1.25 bits per heavy atom. The van der Waals surface area contributed by atoms with Crippen LogP contribution in [0.3, 0.4) is 0 Å². The van der Waals surface area contributed by atoms with E-state index >= 15 is 0 Å². The van der Waals surface area contributed by atoms with E-state index in [1.54, 1.807) is 12.5 Å². The Balaban J connectivity index is 1.59. The van der Waals surface area contributed by atoms with Crippen molar-refractivity contribution < 1.29 is 0 Å². The Bertz CT molecular complexity index is 384. The van der Waals surface area contributed by atoms with Crippen LogP contribution in [0.15, 0.2) is 31.1 Å². The van der Waals surface area contributed by atoms with Crippen LogP contribution < -0.4 is 5.32 Å². The zero-order chi connectivity index (χ0) is 11.1. The quantitative estimate of drug-likeness (QED) is 0.706. The molecule has 16 heavy (non-hydrogen) atoms. The van der Waals surface area contributed by atoms with Crippen LogP contribution in [0.1, 0.15) is 17.8 Å². The summed E-state index contributed by atoms with van der Waals surface area (Å²) < 4.78 is 0. The Hall–Kier alpha value is -1.75. The van der Waals surface area contributed by atoms with Gasteiger partial charge in [0.15, 0.2) is 0 Å². The summed E-state index contributed by atoms with van der Waals surface area (Å²) in [4.78, 5) is 15.2. The second-order valence-electron chi connectivity index (χ2n) is 3.56. The third-order valence-corrected chi connectivity index (χ3v) is 2.27. The molecule has 0 saturated carbocycles. The van der Waals surface area contributed by atoms with Gasteiger partial charge in [-0.05, 0) is 13.0 Å². The summed E-state index contributed by atoms with van der Waals surface area (Å²) in [5.41, 5.74) is 1.11. The molecule has 0 atom stereocenters. The lowest BCUT2D eigenvalue weighted by Crippen LogP contribution is -2.15. The Labute approximate surface area is 94.4 Å². The van der Waals surface area contributed by atoms with Gasteiger partial charge in [-0.25, -0.2) is 15.0 Å². The maximum Gasteiger partial charge on any atom is 0.115 e. The molecule has 0 radical (unpaired) electrons. The highest BCUT2D eigenvalue weighted by molar-refractivity contribution is 5.01. The summed E-state index contributed by atoms with van der Waals surface area (Å²) in [5, 5.41) is 3.34. The van der Waals surface area contributed by atoms with E-state index in [0.29, 0.717) is 0 Å². The lowest BCUT2D eigenvalue weighted by atomic mass is 10.3. The minimum Gasteiger partial charge on any atom is -0.349 e. The van der Waals surface area contributed by atoms with Gasteiger partial charge < -0.3 is 10.3 Å². The molecule has 5 heteroatoms. The highest BCUT2D eigenvalue weighted by Gasteiger charge is 1.95. The Morgan fingerprint density at radius 2 is 2.12 bits per heavy atom. The largest absolute Gasteiger partial charge is 0.349 e. The van der Waals surface area contributed by atoms with Crippen LogP contribution in [0.2, 0.25) is 0 Å². The van der Waals surface area contributed by atoms with Gasteiger partial charge in [0.2, 0.25) is 0 Å². The van der Waals surface area contributed by atoms with E-state index < -0.39 is 0 Å². The van der Waals surface area contributed by atoms with E-state index in [0.717, 1.165) is 37.3 Å². The number of H-pyrrole nitrogens is 1. The predicted octanol–water partition coefficient (Wildman–Crippen LogP) is 0.922. The molecule has 2 N–H and O–H groups in total. The van der Waals surface area contributed by atoms with E-state index in [2.05, 4.69) is 25.3 Å². The SMILES string of the molecule is c1ncc(CNCCCc2ncc[nH]2)cn1. The monoisotopic (exact) mass is 217 g/mol. The lowest BCUT2D eigenvalue weighted by molar-refractivity contribution is 0.638. The summed E-state index contributed by atoms with van der Waals surface area (Å²) in [6.45, 7) is 1.79. The van der Waals surface area contributed by atoms with Crippen molar-refractivity contribution in [2.24, 2.45) is 0 Å². The zero-order valence-corrected chi connectivity index (χ0v) is 9.06. The summed E-state index contributed by atoms with van der Waals surface area (Å²) in [6, 6.07) is 0. The van der Waals surface area contributed by atoms with Crippen molar-refractivity contribution in [3.63, 3.8) is 0 Å². The summed E-state index contributed by atoms with van der Waals surface area (Å²) in [5.74, 6) is 1.05. The number of nitrogens with one attached hydrogen (secondary N) is 2. The van der Waals surface area contributed by atoms with Crippen molar-refractivity contribution in [2.45, 2.75) is 19.4 Å². The molecule has 5 nitrogen and oxygen atoms in total. The number of rotatable bonds is 6. The van der Waals surface area contributed by atoms with Gasteiger partial charge in [-0.15, -0.1) is 0 Å². The van der Waals surface area contributed by atoms with E-state index in [1.165, 1.54) is 0 Å². The first-order chi connectivity index (χ1) is 7.95. The summed E-state index contributed by atoms with van der Waals surface area (Å²) in [7, 11) is 0. The number of hydrogen-bond acceptors (Lipinski definition) is 4. The minimum absolute atomic E-state index is 0.818. The molecule has 2 rings (SSSR count). The van der Waals surface area contributed by atoms with E-state index in [-0.39, 0.29) is 0 Å². The fraction of sp³-hybridized carbons (Fsp3) is 0.364. The van der Waals surface area contributed by atoms with Crippen LogP contribution in [0.4, 0.5) is 0 Å². The molecule has 84 valence electrons. The number of aromatic amines is 1. The highest BCUT2D eigenvalue weighted by atomic mass is 14.9. The first-order valence-corrected chi connectivity index (χ1v) is 5.38. The lowest BCUT2D eigenvalue weighted by Gasteiger charge is -2.02. The molecule has 2 aromatic rings. The smallest absolute Gasteiger partial charge is 0.115 e. The standard InChI is InChI=1S/C11H15N5/c1(2-11-15-4-5-16-11)3-12-6-10-7-13-9-14-8-10/h4-5,7-9,12H,1-3,6H2,(H,15,16). The van der Waals surface area contributed by atoms with Crippen LogP contribution in [0.5, 0.6) is 0 Å². The van der Waals surface area contributed by atoms with Crippen molar-refractivity contribution in [3.05, 3.63) is 42.5 Å². The molecular formula is C11H15N5. The summed E-state index contributed by atoms with van der Waals surface area (Å²) >= 11 is 0. The summed E-state index contributed by atoms with van der Waals surface area (Å²) in [6.07, 6.45) is 10.9. The van der Waals surface area contributed by atoms with Crippen LogP contribution in [-0.4, -0.2) is 26.5 Å². The van der Waals surface area contributed by atoms with Crippen LogP contribution >= 0.6 is 0 Å². The van der Waals surface area contributed by atoms with Gasteiger partial charge in [0.25, 0.3) is 0 Å². The first-order valence-electron chi connectivity index (χ1n) is 5.38. The molecular weight excluding hydrogens is 202 g/mol. The van der Waals surface area contributed by atoms with Gasteiger partial charge in [0, 0.05) is 43.3 Å². The predicted molar refractivity (Wildman–Crippen MR) is 60.6 cm³/mol. The topological polar surface area (TPSA) is 66.5 Å². The molecule has 0 aromatic carbocycles. The van der Waals surface area contributed by atoms with Crippen molar-refractivity contribution in [2.75, 3.05) is 6.54 Å². The van der Waals surface area contributed by atoms with Gasteiger partial charge >= 0.3 is 0 Å². The third kappa shape index (κ3) is 3.43. The molecule has 2 heterocycles. The number of nitrogens with zero attached hydrogens (tertiary/aromatic N) is 3. The molecule has 2 aromatic heterocycles. The van der Waals surface area contributed by atoms with Crippen molar-refractivity contribution >= 4 is 0 Å². The number of aryl methyl sites for hydroxylation is 1. The molecule has 0 spiro atoms. The van der Waals surface area contributed by atoms with E-state index in [1.807, 2.05) is 18.6 Å². The fourth-order valence-electron chi connectivity index (χ4n) is 1.47. The first kappa shape index (κ1) is 10.8. The molecule has 0 aliphatic carbocycles. The molecule has 0 unspecified atom stereocenters. The average molecular weight is 217 g/mol. The van der Waals surface area contributed by atoms with Gasteiger partial charge in [0.05, 0.1) is 0 Å². The molecule has 0 saturated heterocycles. The molecule has 0 fully saturated rings. The van der Waals surface area contributed by atoms with Crippen LogP contribution in [0.25, 0.3) is 0 Å². The Kier molecular flexibility index (Phi) is 4.01. The number of hydrogen-bond donors (Lipinski definition) is 2. The zero-order valence-electron chi connectivity index (χ0n) is 9.06. The van der Waals surface area contributed by atoms with Crippen molar-refractivity contribution in [3.8, 4) is 0 Å². The van der Waals surface area contributed by atoms with Gasteiger partial charge in [-0.3, -0.25) is 0 Å². The van der Waals surface area contributed by atoms with Crippen LogP contribution in [-0.2, 0) is 13.0 Å². The average Bonchev–Trinajstić information content (AvgIpc) is 2.83. The number of aromatic nitrogens is 4. The molecule has 0 amide bonds. The van der Waals surface area contributed by atoms with Crippen LogP contribution in [0, 0.1) is 0 Å². The third-order valence-electron chi connectivity index (χ3n) is 2.27. The van der Waals surface area contributed by atoms with Crippen molar-refractivity contribution in [1.82, 2.24) is 25.3 Å². The molecule has 0 bridgehead atoms. The Morgan fingerprint density at radius 3 is 2.88 bits per heavy atom. The van der Waals surface area contributed by atoms with Gasteiger partial charge in [0.1, 0.15) is 12.2 Å². The second kappa shape index (κ2) is 5.97. The van der Waals surface area contributed by atoms with E-state index in [9.17, 15) is 0 Å². The fourth-order valence-corrected chi connectivity index (χ4v) is 1.47. The van der Waals surface area contributed by atoms with E-state index in [4.69, 9.17) is 0 Å². The van der Waals surface area contributed by atoms with Gasteiger partial charge in [-0.2, -0.15) is 0 Å². The molecule has 0 aliphatic heterocycles.